The van der Waals surface area contributed by atoms with Crippen LogP contribution in [0.2, 0.25) is 0 Å². The molecule has 0 saturated carbocycles. The Morgan fingerprint density at radius 1 is 1.20 bits per heavy atom. The van der Waals surface area contributed by atoms with Gasteiger partial charge in [0.25, 0.3) is 0 Å². The van der Waals surface area contributed by atoms with Gasteiger partial charge in [-0.25, -0.2) is 0 Å². The molecule has 80 valence electrons. The zero-order valence-corrected chi connectivity index (χ0v) is 12.0. The normalized spacial score (nSPS) is 8.87. The average Bonchev–Trinajstić information content (AvgIpc) is 2.19. The minimum absolute atomic E-state index is 0. The molecule has 0 unspecified atom stereocenters. The van der Waals surface area contributed by atoms with Gasteiger partial charge < -0.3 is 26.5 Å². The minimum atomic E-state index is 0. The number of halogens is 1. The number of benzene rings is 1. The maximum absolute atomic E-state index is 5.43. The van der Waals surface area contributed by atoms with Gasteiger partial charge in [0.2, 0.25) is 0 Å². The third-order valence-electron chi connectivity index (χ3n) is 1.69. The molecule has 15 heavy (non-hydrogen) atoms. The molecule has 0 fully saturated rings. The Morgan fingerprint density at radius 2 is 1.87 bits per heavy atom. The Morgan fingerprint density at radius 3 is 2.47 bits per heavy atom. The summed E-state index contributed by atoms with van der Waals surface area (Å²) in [5, 5.41) is 0. The Balaban J connectivity index is 0. The van der Waals surface area contributed by atoms with Crippen molar-refractivity contribution < 1.29 is 26.5 Å². The van der Waals surface area contributed by atoms with Crippen LogP contribution in [0.15, 0.2) is 24.3 Å². The van der Waals surface area contributed by atoms with E-state index in [9.17, 15) is 0 Å². The van der Waals surface area contributed by atoms with Gasteiger partial charge >= 0.3 is 23.1 Å². The van der Waals surface area contributed by atoms with Crippen molar-refractivity contribution in [2.45, 2.75) is 13.0 Å². The first-order chi connectivity index (χ1) is 6.43. The van der Waals surface area contributed by atoms with Crippen LogP contribution in [-0.2, 0) is 16.1 Å². The number of rotatable bonds is 6. The molecule has 4 heteroatoms. The smallest absolute Gasteiger partial charge is 1.00 e. The fourth-order valence-corrected chi connectivity index (χ4v) is 1.01. The summed E-state index contributed by atoms with van der Waals surface area (Å²) in [5.74, 6) is 0. The Kier molecular flexibility index (Phi) is 14.8. The van der Waals surface area contributed by atoms with E-state index in [1.165, 1.54) is 5.56 Å². The van der Waals surface area contributed by atoms with Crippen molar-refractivity contribution in [2.75, 3.05) is 20.3 Å². The number of hydrogen-bond donors (Lipinski definition) is 0. The Hall–Kier alpha value is 0.386. The van der Waals surface area contributed by atoms with Crippen molar-refractivity contribution in [3.05, 3.63) is 35.9 Å². The molecule has 0 N–H and O–H groups in total. The fraction of sp³-hybridized carbons (Fsp3) is 0.455. The van der Waals surface area contributed by atoms with E-state index < -0.39 is 0 Å². The molecule has 0 aromatic heterocycles. The van der Waals surface area contributed by atoms with Crippen molar-refractivity contribution in [3.63, 3.8) is 0 Å². The molecule has 0 amide bonds. The fourth-order valence-electron chi connectivity index (χ4n) is 1.01. The molecular weight excluding hydrogens is 268 g/mol. The van der Waals surface area contributed by atoms with E-state index in [0.29, 0.717) is 6.61 Å². The van der Waals surface area contributed by atoms with Crippen LogP contribution in [0.3, 0.4) is 0 Å². The predicted octanol–water partition coefficient (Wildman–Crippen LogP) is -1.34. The minimum Gasteiger partial charge on any atom is -1.00 e. The zero-order chi connectivity index (χ0) is 9.36. The van der Waals surface area contributed by atoms with E-state index in [0.717, 1.165) is 19.6 Å². The second-order valence-corrected chi connectivity index (χ2v) is 2.81. The molecule has 1 aromatic rings. The second kappa shape index (κ2) is 12.5. The zero-order valence-electron chi connectivity index (χ0n) is 9.04. The summed E-state index contributed by atoms with van der Waals surface area (Å²) >= 11 is 0. The second-order valence-electron chi connectivity index (χ2n) is 2.81. The van der Waals surface area contributed by atoms with E-state index in [-0.39, 0.29) is 40.0 Å². The summed E-state index contributed by atoms with van der Waals surface area (Å²) in [5.41, 5.74) is 1.19. The van der Waals surface area contributed by atoms with Gasteiger partial charge in [0.15, 0.2) is 0 Å². The third kappa shape index (κ3) is 9.32. The van der Waals surface area contributed by atoms with Crippen LogP contribution in [0.25, 0.3) is 0 Å². The van der Waals surface area contributed by atoms with E-state index >= 15 is 0 Å². The number of hydrogen-bond acceptors (Lipinski definition) is 2. The topological polar surface area (TPSA) is 18.5 Å². The molecule has 0 saturated heterocycles. The van der Waals surface area contributed by atoms with Crippen molar-refractivity contribution in [3.8, 4) is 0 Å². The molecule has 0 heterocycles. The molecule has 0 atom stereocenters. The van der Waals surface area contributed by atoms with Crippen molar-refractivity contribution in [2.24, 2.45) is 0 Å². The van der Waals surface area contributed by atoms with Crippen LogP contribution in [0.5, 0.6) is 0 Å². The summed E-state index contributed by atoms with van der Waals surface area (Å²) in [6.07, 6.45) is 0.954. The molecule has 2 nitrogen and oxygen atoms in total. The Bertz CT molecular complexity index is 219. The summed E-state index contributed by atoms with van der Waals surface area (Å²) in [7, 11) is 1.70. The maximum Gasteiger partial charge on any atom is 2.00 e. The summed E-state index contributed by atoms with van der Waals surface area (Å²) < 4.78 is 10.3. The molecule has 0 aliphatic rings. The van der Waals surface area contributed by atoms with Crippen molar-refractivity contribution in [1.82, 2.24) is 0 Å². The first-order valence-corrected chi connectivity index (χ1v) is 4.45. The number of ether oxygens (including phenoxy) is 2. The van der Waals surface area contributed by atoms with Gasteiger partial charge in [-0.2, -0.15) is 30.3 Å². The van der Waals surface area contributed by atoms with Gasteiger partial charge in [-0.1, -0.05) is 0 Å². The quantitative estimate of drug-likeness (QED) is 0.366. The van der Waals surface area contributed by atoms with E-state index in [4.69, 9.17) is 9.47 Å². The molecule has 0 radical (unpaired) electrons. The van der Waals surface area contributed by atoms with Crippen LogP contribution in [0, 0.1) is 6.07 Å². The van der Waals surface area contributed by atoms with Gasteiger partial charge in [0.05, 0.1) is 0 Å². The molecule has 0 aliphatic carbocycles. The van der Waals surface area contributed by atoms with Crippen LogP contribution >= 0.6 is 0 Å². The molecule has 0 aliphatic heterocycles. The summed E-state index contributed by atoms with van der Waals surface area (Å²) in [4.78, 5) is 0. The largest absolute Gasteiger partial charge is 2.00 e. The van der Waals surface area contributed by atoms with Gasteiger partial charge in [-0.15, -0.1) is 5.56 Å². The third-order valence-corrected chi connectivity index (χ3v) is 1.69. The molecule has 1 rings (SSSR count). The van der Waals surface area contributed by atoms with E-state index in [1.54, 1.807) is 7.11 Å². The van der Waals surface area contributed by atoms with Crippen molar-refractivity contribution >= 4 is 23.1 Å². The summed E-state index contributed by atoms with van der Waals surface area (Å²) in [6.45, 7) is 2.20. The monoisotopic (exact) mass is 282 g/mol. The average molecular weight is 283 g/mol. The number of methoxy groups -OCH3 is 1. The van der Waals surface area contributed by atoms with Crippen molar-refractivity contribution in [1.29, 1.82) is 0 Å². The van der Waals surface area contributed by atoms with Gasteiger partial charge in [0.1, 0.15) is 0 Å². The predicted molar refractivity (Wildman–Crippen MR) is 57.2 cm³/mol. The van der Waals surface area contributed by atoms with Gasteiger partial charge in [0, 0.05) is 26.9 Å². The summed E-state index contributed by atoms with van der Waals surface area (Å²) in [6, 6.07) is 10.8. The van der Waals surface area contributed by atoms with Crippen LogP contribution in [0.4, 0.5) is 0 Å². The van der Waals surface area contributed by atoms with Gasteiger partial charge in [-0.3, -0.25) is 0 Å². The van der Waals surface area contributed by atoms with Gasteiger partial charge in [-0.05, 0) is 6.42 Å². The SMILES string of the molecule is COCCCOCc1cc[c-]cc1.[Br-].[Mg+2]. The molecule has 1 aromatic carbocycles. The standard InChI is InChI=1S/C11H15O2.BrH.Mg/c1-12-8-5-9-13-10-11-6-3-2-4-7-11;;/h3-4,6-7H,5,8-10H2,1H3;1H;/q-1;;+2/p-1. The Labute approximate surface area is 118 Å². The first kappa shape index (κ1) is 17.8. The molecule has 0 bridgehead atoms. The van der Waals surface area contributed by atoms with Crippen LogP contribution in [-0.4, -0.2) is 43.4 Å². The van der Waals surface area contributed by atoms with Crippen LogP contribution in [0.1, 0.15) is 12.0 Å². The maximum atomic E-state index is 5.43. The molecular formula is C11H15BrMgO2. The first-order valence-electron chi connectivity index (χ1n) is 4.45. The van der Waals surface area contributed by atoms with Crippen LogP contribution < -0.4 is 17.0 Å². The molecule has 0 spiro atoms. The van der Waals surface area contributed by atoms with E-state index in [2.05, 4.69) is 6.07 Å². The van der Waals surface area contributed by atoms with E-state index in [1.807, 2.05) is 24.3 Å².